The van der Waals surface area contributed by atoms with Crippen molar-refractivity contribution in [3.05, 3.63) is 16.7 Å². The Kier molecular flexibility index (Phi) is 4.11. The van der Waals surface area contributed by atoms with Crippen LogP contribution >= 0.6 is 0 Å². The van der Waals surface area contributed by atoms with Crippen LogP contribution in [-0.4, -0.2) is 63.2 Å². The zero-order valence-corrected chi connectivity index (χ0v) is 15.5. The first-order chi connectivity index (χ1) is 11.4. The van der Waals surface area contributed by atoms with Gasteiger partial charge in [0.2, 0.25) is 5.91 Å². The molecule has 1 saturated heterocycles. The second-order valence-electron chi connectivity index (χ2n) is 6.64. The minimum absolute atomic E-state index is 0.0313. The number of hydrogen-bond donors (Lipinski definition) is 0. The van der Waals surface area contributed by atoms with Gasteiger partial charge >= 0.3 is 0 Å². The van der Waals surface area contributed by atoms with Gasteiger partial charge in [0, 0.05) is 36.2 Å². The lowest BCUT2D eigenvalue weighted by Gasteiger charge is -2.51. The third-order valence-corrected chi connectivity index (χ3v) is 5.67. The van der Waals surface area contributed by atoms with Gasteiger partial charge in [-0.25, -0.2) is 0 Å². The van der Waals surface area contributed by atoms with Crippen LogP contribution < -0.4 is 14.2 Å². The smallest absolute Gasteiger partial charge is 0.240 e. The highest BCUT2D eigenvalue weighted by Crippen LogP contribution is 2.52. The van der Waals surface area contributed by atoms with Crippen molar-refractivity contribution in [2.75, 3.05) is 35.4 Å². The Morgan fingerprint density at radius 1 is 1.00 bits per heavy atom. The maximum absolute atomic E-state index is 12.7. The molecule has 0 N–H and O–H groups in total. The fourth-order valence-electron chi connectivity index (χ4n) is 4.35. The molecular weight excluding hydrogens is 308 g/mol. The van der Waals surface area contributed by atoms with Gasteiger partial charge in [-0.2, -0.15) is 0 Å². The van der Waals surface area contributed by atoms with Gasteiger partial charge in [-0.05, 0) is 20.9 Å². The summed E-state index contributed by atoms with van der Waals surface area (Å²) >= 11 is 0. The lowest BCUT2D eigenvalue weighted by atomic mass is 9.79. The molecule has 24 heavy (non-hydrogen) atoms. The van der Waals surface area contributed by atoms with E-state index >= 15 is 0 Å². The van der Waals surface area contributed by atoms with Crippen LogP contribution in [0.15, 0.2) is 0 Å². The van der Waals surface area contributed by atoms with Gasteiger partial charge in [0.15, 0.2) is 11.5 Å². The van der Waals surface area contributed by atoms with Crippen molar-refractivity contribution in [2.45, 2.75) is 38.4 Å². The second kappa shape index (κ2) is 5.84. The number of methoxy groups -OCH3 is 3. The minimum atomic E-state index is -0.171. The predicted octanol–water partition coefficient (Wildman–Crippen LogP) is 1.78. The largest absolute Gasteiger partial charge is 0.496 e. The zero-order chi connectivity index (χ0) is 17.8. The van der Waals surface area contributed by atoms with Crippen LogP contribution in [0.1, 0.15) is 29.7 Å². The van der Waals surface area contributed by atoms with E-state index in [-0.39, 0.29) is 24.0 Å². The molecule has 0 unspecified atom stereocenters. The summed E-state index contributed by atoms with van der Waals surface area (Å²) in [6.07, 6.45) is 0.614. The SMILES string of the molecule is COc1c(C)c(OC)c(OC)c2c1C[C@H]1C(=O)N(C)[C@@H](C)[C@@H]2N1C. The Balaban J connectivity index is 2.34. The molecule has 2 aliphatic heterocycles. The molecule has 1 amide bonds. The first kappa shape index (κ1) is 16.9. The number of amides is 1. The third kappa shape index (κ3) is 2.02. The second-order valence-corrected chi connectivity index (χ2v) is 6.64. The lowest BCUT2D eigenvalue weighted by molar-refractivity contribution is -0.147. The van der Waals surface area contributed by atoms with E-state index in [9.17, 15) is 4.79 Å². The molecule has 1 fully saturated rings. The van der Waals surface area contributed by atoms with Crippen molar-refractivity contribution in [2.24, 2.45) is 0 Å². The summed E-state index contributed by atoms with van der Waals surface area (Å²) in [6, 6.07) is -0.0984. The summed E-state index contributed by atoms with van der Waals surface area (Å²) in [4.78, 5) is 16.7. The summed E-state index contributed by atoms with van der Waals surface area (Å²) in [6.45, 7) is 4.04. The highest BCUT2D eigenvalue weighted by atomic mass is 16.5. The molecule has 6 nitrogen and oxygen atoms in total. The number of hydrogen-bond acceptors (Lipinski definition) is 5. The molecule has 1 aromatic carbocycles. The topological polar surface area (TPSA) is 51.2 Å². The normalized spacial score (nSPS) is 26.2. The average molecular weight is 334 g/mol. The van der Waals surface area contributed by atoms with Crippen LogP contribution in [0, 0.1) is 6.92 Å². The predicted molar refractivity (Wildman–Crippen MR) is 91.1 cm³/mol. The van der Waals surface area contributed by atoms with Crippen LogP contribution in [0.3, 0.4) is 0 Å². The number of rotatable bonds is 3. The van der Waals surface area contributed by atoms with Gasteiger partial charge < -0.3 is 19.1 Å². The van der Waals surface area contributed by atoms with Crippen LogP contribution in [0.25, 0.3) is 0 Å². The first-order valence-corrected chi connectivity index (χ1v) is 8.18. The zero-order valence-electron chi connectivity index (χ0n) is 15.5. The van der Waals surface area contributed by atoms with Crippen molar-refractivity contribution in [1.29, 1.82) is 0 Å². The molecule has 0 radical (unpaired) electrons. The monoisotopic (exact) mass is 334 g/mol. The molecule has 2 bridgehead atoms. The maximum Gasteiger partial charge on any atom is 0.240 e. The van der Waals surface area contributed by atoms with E-state index < -0.39 is 0 Å². The van der Waals surface area contributed by atoms with Crippen molar-refractivity contribution in [1.82, 2.24) is 9.80 Å². The number of carbonyl (C=O) groups is 1. The van der Waals surface area contributed by atoms with Crippen LogP contribution in [-0.2, 0) is 11.2 Å². The fraction of sp³-hybridized carbons (Fsp3) is 0.611. The number of ether oxygens (including phenoxy) is 3. The molecule has 2 aliphatic rings. The van der Waals surface area contributed by atoms with Crippen LogP contribution in [0.4, 0.5) is 0 Å². The summed E-state index contributed by atoms with van der Waals surface area (Å²) in [5.74, 6) is 2.40. The van der Waals surface area contributed by atoms with Gasteiger partial charge in [-0.3, -0.25) is 9.69 Å². The van der Waals surface area contributed by atoms with E-state index in [1.165, 1.54) is 0 Å². The summed E-state index contributed by atoms with van der Waals surface area (Å²) < 4.78 is 17.1. The van der Waals surface area contributed by atoms with Gasteiger partial charge in [0.1, 0.15) is 5.75 Å². The number of fused-ring (bicyclic) bond motifs is 4. The highest BCUT2D eigenvalue weighted by molar-refractivity contribution is 5.85. The number of piperazine rings is 1. The first-order valence-electron chi connectivity index (χ1n) is 8.18. The molecule has 1 aromatic rings. The molecule has 132 valence electrons. The standard InChI is InChI=1S/C18H26N2O4/c1-9-15(22-5)11-8-12-18(21)19(3)10(2)14(20(12)4)13(11)17(24-7)16(9)23-6/h10,12,14H,8H2,1-7H3/t10-,12-,14-/m0/s1. The van der Waals surface area contributed by atoms with E-state index in [1.54, 1.807) is 21.3 Å². The molecular formula is C18H26N2O4. The van der Waals surface area contributed by atoms with E-state index in [4.69, 9.17) is 14.2 Å². The van der Waals surface area contributed by atoms with E-state index in [0.29, 0.717) is 12.2 Å². The van der Waals surface area contributed by atoms with E-state index in [0.717, 1.165) is 28.2 Å². The summed E-state index contributed by atoms with van der Waals surface area (Å²) in [5, 5.41) is 0. The Labute approximate surface area is 143 Å². The van der Waals surface area contributed by atoms with Crippen molar-refractivity contribution in [3.8, 4) is 17.2 Å². The Morgan fingerprint density at radius 2 is 1.58 bits per heavy atom. The Hall–Kier alpha value is -1.95. The molecule has 0 saturated carbocycles. The summed E-state index contributed by atoms with van der Waals surface area (Å²) in [5.41, 5.74) is 3.04. The van der Waals surface area contributed by atoms with Crippen molar-refractivity contribution >= 4 is 5.91 Å². The Bertz CT molecular complexity index is 688. The molecule has 3 atom stereocenters. The average Bonchev–Trinajstić information content (AvgIpc) is 2.57. The molecule has 0 spiro atoms. The third-order valence-electron chi connectivity index (χ3n) is 5.67. The quantitative estimate of drug-likeness (QED) is 0.843. The van der Waals surface area contributed by atoms with Crippen LogP contribution in [0.2, 0.25) is 0 Å². The van der Waals surface area contributed by atoms with E-state index in [1.807, 2.05) is 25.9 Å². The van der Waals surface area contributed by atoms with Gasteiger partial charge in [-0.15, -0.1) is 0 Å². The fourth-order valence-corrected chi connectivity index (χ4v) is 4.35. The maximum atomic E-state index is 12.7. The van der Waals surface area contributed by atoms with Gasteiger partial charge in [-0.1, -0.05) is 0 Å². The number of benzene rings is 1. The molecule has 6 heteroatoms. The van der Waals surface area contributed by atoms with E-state index in [2.05, 4.69) is 11.8 Å². The van der Waals surface area contributed by atoms with Gasteiger partial charge in [0.25, 0.3) is 0 Å². The lowest BCUT2D eigenvalue weighted by Crippen LogP contribution is -2.62. The van der Waals surface area contributed by atoms with Gasteiger partial charge in [0.05, 0.1) is 33.4 Å². The summed E-state index contributed by atoms with van der Waals surface area (Å²) in [7, 11) is 8.86. The number of nitrogens with zero attached hydrogens (tertiary/aromatic N) is 2. The number of likely N-dealkylation sites (N-methyl/N-ethyl adjacent to an activating group) is 2. The minimum Gasteiger partial charge on any atom is -0.496 e. The highest BCUT2D eigenvalue weighted by Gasteiger charge is 2.49. The Morgan fingerprint density at radius 3 is 2.12 bits per heavy atom. The van der Waals surface area contributed by atoms with Crippen molar-refractivity contribution in [3.63, 3.8) is 0 Å². The van der Waals surface area contributed by atoms with Crippen LogP contribution in [0.5, 0.6) is 17.2 Å². The van der Waals surface area contributed by atoms with Crippen molar-refractivity contribution < 1.29 is 19.0 Å². The molecule has 0 aliphatic carbocycles. The molecule has 0 aromatic heterocycles. The molecule has 2 heterocycles. The number of carbonyl (C=O) groups excluding carboxylic acids is 1. The molecule has 3 rings (SSSR count).